The molecule has 2 unspecified atom stereocenters. The quantitative estimate of drug-likeness (QED) is 0.903. The number of nitrogens with one attached hydrogen (secondary N) is 1. The first-order valence-electron chi connectivity index (χ1n) is 6.12. The SMILES string of the molecule is CNC1CCC(n2ccnc2-c2cccs2)C1. The molecule has 0 saturated heterocycles. The Kier molecular flexibility index (Phi) is 2.99. The van der Waals surface area contributed by atoms with Gasteiger partial charge in [-0.3, -0.25) is 0 Å². The van der Waals surface area contributed by atoms with Gasteiger partial charge >= 0.3 is 0 Å². The van der Waals surface area contributed by atoms with Gasteiger partial charge in [-0.1, -0.05) is 6.07 Å². The lowest BCUT2D eigenvalue weighted by atomic mass is 10.2. The Hall–Kier alpha value is -1.13. The van der Waals surface area contributed by atoms with Crippen LogP contribution in [-0.4, -0.2) is 22.6 Å². The molecule has 1 aliphatic rings. The summed E-state index contributed by atoms with van der Waals surface area (Å²) in [5.74, 6) is 1.13. The number of hydrogen-bond acceptors (Lipinski definition) is 3. The minimum Gasteiger partial charge on any atom is -0.327 e. The summed E-state index contributed by atoms with van der Waals surface area (Å²) in [4.78, 5) is 5.77. The number of rotatable bonds is 3. The molecule has 3 rings (SSSR count). The average Bonchev–Trinajstić information content (AvgIpc) is 3.09. The van der Waals surface area contributed by atoms with Gasteiger partial charge in [0.15, 0.2) is 0 Å². The Balaban J connectivity index is 1.87. The number of hydrogen-bond donors (Lipinski definition) is 1. The molecule has 2 aromatic heterocycles. The highest BCUT2D eigenvalue weighted by Crippen LogP contribution is 2.34. The molecule has 0 bridgehead atoms. The molecule has 2 heterocycles. The molecule has 0 spiro atoms. The van der Waals surface area contributed by atoms with Gasteiger partial charge in [-0.25, -0.2) is 4.98 Å². The largest absolute Gasteiger partial charge is 0.327 e. The van der Waals surface area contributed by atoms with Crippen molar-refractivity contribution in [3.8, 4) is 10.7 Å². The molecular weight excluding hydrogens is 230 g/mol. The third-order valence-corrected chi connectivity index (χ3v) is 4.48. The molecule has 1 fully saturated rings. The van der Waals surface area contributed by atoms with E-state index in [0.717, 1.165) is 5.82 Å². The molecule has 2 atom stereocenters. The molecule has 0 radical (unpaired) electrons. The lowest BCUT2D eigenvalue weighted by Crippen LogP contribution is -2.21. The van der Waals surface area contributed by atoms with Crippen LogP contribution in [-0.2, 0) is 0 Å². The van der Waals surface area contributed by atoms with Crippen molar-refractivity contribution in [2.75, 3.05) is 7.05 Å². The Morgan fingerprint density at radius 1 is 1.47 bits per heavy atom. The first-order chi connectivity index (χ1) is 8.38. The van der Waals surface area contributed by atoms with Gasteiger partial charge in [0, 0.05) is 24.5 Å². The number of nitrogens with zero attached hydrogens (tertiary/aromatic N) is 2. The van der Waals surface area contributed by atoms with Crippen molar-refractivity contribution in [3.05, 3.63) is 29.9 Å². The molecule has 90 valence electrons. The van der Waals surface area contributed by atoms with E-state index in [1.165, 1.54) is 24.1 Å². The van der Waals surface area contributed by atoms with Crippen molar-refractivity contribution < 1.29 is 0 Å². The van der Waals surface area contributed by atoms with Gasteiger partial charge in [0.1, 0.15) is 5.82 Å². The van der Waals surface area contributed by atoms with E-state index in [2.05, 4.69) is 45.6 Å². The summed E-state index contributed by atoms with van der Waals surface area (Å²) in [5.41, 5.74) is 0. The van der Waals surface area contributed by atoms with E-state index in [9.17, 15) is 0 Å². The Labute approximate surface area is 106 Å². The van der Waals surface area contributed by atoms with Crippen LogP contribution in [0.5, 0.6) is 0 Å². The van der Waals surface area contributed by atoms with E-state index in [4.69, 9.17) is 0 Å². The molecule has 1 N–H and O–H groups in total. The third kappa shape index (κ3) is 2.03. The topological polar surface area (TPSA) is 29.9 Å². The van der Waals surface area contributed by atoms with Gasteiger partial charge in [-0.15, -0.1) is 11.3 Å². The zero-order valence-electron chi connectivity index (χ0n) is 9.97. The van der Waals surface area contributed by atoms with Gasteiger partial charge < -0.3 is 9.88 Å². The summed E-state index contributed by atoms with van der Waals surface area (Å²) in [6.45, 7) is 0. The molecule has 0 aromatic carbocycles. The summed E-state index contributed by atoms with van der Waals surface area (Å²) in [6.07, 6.45) is 7.77. The van der Waals surface area contributed by atoms with Crippen molar-refractivity contribution in [3.63, 3.8) is 0 Å². The Morgan fingerprint density at radius 3 is 3.12 bits per heavy atom. The van der Waals surface area contributed by atoms with Crippen molar-refractivity contribution in [2.45, 2.75) is 31.3 Å². The Morgan fingerprint density at radius 2 is 2.41 bits per heavy atom. The minimum absolute atomic E-state index is 0.604. The van der Waals surface area contributed by atoms with Crippen molar-refractivity contribution >= 4 is 11.3 Å². The minimum atomic E-state index is 0.604. The second kappa shape index (κ2) is 4.63. The average molecular weight is 247 g/mol. The monoisotopic (exact) mass is 247 g/mol. The normalized spacial score (nSPS) is 24.3. The summed E-state index contributed by atoms with van der Waals surface area (Å²) in [7, 11) is 2.06. The van der Waals surface area contributed by atoms with Crippen molar-refractivity contribution in [2.24, 2.45) is 0 Å². The van der Waals surface area contributed by atoms with E-state index in [-0.39, 0.29) is 0 Å². The summed E-state index contributed by atoms with van der Waals surface area (Å²) >= 11 is 1.76. The highest BCUT2D eigenvalue weighted by atomic mass is 32.1. The second-order valence-corrected chi connectivity index (χ2v) is 5.54. The molecule has 0 amide bonds. The molecule has 4 heteroatoms. The molecule has 17 heavy (non-hydrogen) atoms. The van der Waals surface area contributed by atoms with Crippen LogP contribution in [0, 0.1) is 0 Å². The highest BCUT2D eigenvalue weighted by molar-refractivity contribution is 7.13. The van der Waals surface area contributed by atoms with Crippen LogP contribution < -0.4 is 5.32 Å². The standard InChI is InChI=1S/C13H17N3S/c1-14-10-4-5-11(9-10)16-7-6-15-13(16)12-3-2-8-17-12/h2-3,6-8,10-11,14H,4-5,9H2,1H3. The Bertz CT molecular complexity index is 475. The lowest BCUT2D eigenvalue weighted by molar-refractivity contribution is 0.496. The number of aromatic nitrogens is 2. The molecular formula is C13H17N3S. The van der Waals surface area contributed by atoms with E-state index in [1.54, 1.807) is 11.3 Å². The van der Waals surface area contributed by atoms with E-state index < -0.39 is 0 Å². The molecule has 0 aliphatic heterocycles. The van der Waals surface area contributed by atoms with Gasteiger partial charge in [-0.05, 0) is 37.8 Å². The van der Waals surface area contributed by atoms with Crippen LogP contribution in [0.4, 0.5) is 0 Å². The lowest BCUT2D eigenvalue weighted by Gasteiger charge is -2.15. The number of imidazole rings is 1. The fourth-order valence-electron chi connectivity index (χ4n) is 2.68. The zero-order chi connectivity index (χ0) is 11.7. The van der Waals surface area contributed by atoms with Crippen LogP contribution in [0.15, 0.2) is 29.9 Å². The molecule has 1 aliphatic carbocycles. The first-order valence-corrected chi connectivity index (χ1v) is 7.00. The predicted molar refractivity (Wildman–Crippen MR) is 71.3 cm³/mol. The summed E-state index contributed by atoms with van der Waals surface area (Å²) in [6, 6.07) is 5.50. The summed E-state index contributed by atoms with van der Waals surface area (Å²) < 4.78 is 2.35. The van der Waals surface area contributed by atoms with Crippen molar-refractivity contribution in [1.29, 1.82) is 0 Å². The van der Waals surface area contributed by atoms with Gasteiger partial charge in [0.05, 0.1) is 4.88 Å². The van der Waals surface area contributed by atoms with Crippen LogP contribution in [0.25, 0.3) is 10.7 Å². The van der Waals surface area contributed by atoms with Crippen LogP contribution in [0.1, 0.15) is 25.3 Å². The predicted octanol–water partition coefficient (Wildman–Crippen LogP) is 2.92. The molecule has 3 nitrogen and oxygen atoms in total. The maximum Gasteiger partial charge on any atom is 0.150 e. The maximum absolute atomic E-state index is 4.51. The van der Waals surface area contributed by atoms with Crippen LogP contribution in [0.2, 0.25) is 0 Å². The van der Waals surface area contributed by atoms with E-state index in [1.807, 2.05) is 6.20 Å². The van der Waals surface area contributed by atoms with Crippen molar-refractivity contribution in [1.82, 2.24) is 14.9 Å². The maximum atomic E-state index is 4.51. The van der Waals surface area contributed by atoms with Gasteiger partial charge in [0.25, 0.3) is 0 Å². The second-order valence-electron chi connectivity index (χ2n) is 4.59. The van der Waals surface area contributed by atoms with Crippen LogP contribution in [0.3, 0.4) is 0 Å². The van der Waals surface area contributed by atoms with Gasteiger partial charge in [-0.2, -0.15) is 0 Å². The zero-order valence-corrected chi connectivity index (χ0v) is 10.8. The molecule has 2 aromatic rings. The van der Waals surface area contributed by atoms with Crippen LogP contribution >= 0.6 is 11.3 Å². The van der Waals surface area contributed by atoms with E-state index >= 15 is 0 Å². The summed E-state index contributed by atoms with van der Waals surface area (Å²) in [5, 5.41) is 5.49. The van der Waals surface area contributed by atoms with E-state index in [0.29, 0.717) is 12.1 Å². The smallest absolute Gasteiger partial charge is 0.150 e. The first kappa shape index (κ1) is 11.0. The fourth-order valence-corrected chi connectivity index (χ4v) is 3.40. The fraction of sp³-hybridized carbons (Fsp3) is 0.462. The third-order valence-electron chi connectivity index (χ3n) is 3.62. The van der Waals surface area contributed by atoms with Gasteiger partial charge in [0.2, 0.25) is 0 Å². The molecule has 1 saturated carbocycles. The highest BCUT2D eigenvalue weighted by Gasteiger charge is 2.26. The number of thiophene rings is 1.